The van der Waals surface area contributed by atoms with Crippen LogP contribution in [0.25, 0.3) is 0 Å². The van der Waals surface area contributed by atoms with E-state index in [-0.39, 0.29) is 36.7 Å². The van der Waals surface area contributed by atoms with Gasteiger partial charge in [-0.25, -0.2) is 9.18 Å². The van der Waals surface area contributed by atoms with Gasteiger partial charge in [0, 0.05) is 12.2 Å². The number of anilines is 2. The normalized spacial score (nSPS) is 18.9. The molecule has 0 radical (unpaired) electrons. The minimum absolute atomic E-state index is 0.0244. The van der Waals surface area contributed by atoms with E-state index in [1.165, 1.54) is 4.90 Å². The predicted octanol–water partition coefficient (Wildman–Crippen LogP) is -0.203. The summed E-state index contributed by atoms with van der Waals surface area (Å²) >= 11 is 0. The van der Waals surface area contributed by atoms with Crippen molar-refractivity contribution < 1.29 is 23.8 Å². The fourth-order valence-electron chi connectivity index (χ4n) is 2.11. The number of amides is 1. The van der Waals surface area contributed by atoms with Gasteiger partial charge in [0.2, 0.25) is 5.91 Å². The number of halogens is 1. The molecule has 108 valence electrons. The van der Waals surface area contributed by atoms with Crippen LogP contribution in [-0.4, -0.2) is 42.8 Å². The number of benzene rings is 1. The zero-order valence-electron chi connectivity index (χ0n) is 10.5. The van der Waals surface area contributed by atoms with Gasteiger partial charge < -0.3 is 26.2 Å². The summed E-state index contributed by atoms with van der Waals surface area (Å²) in [7, 11) is 0. The molecular formula is C12H14FN3O4. The molecule has 1 aromatic carbocycles. The first-order chi connectivity index (χ1) is 9.41. The Labute approximate surface area is 113 Å². The van der Waals surface area contributed by atoms with Crippen molar-refractivity contribution in [2.45, 2.75) is 6.04 Å². The van der Waals surface area contributed by atoms with Gasteiger partial charge >= 0.3 is 5.97 Å². The molecule has 0 saturated carbocycles. The van der Waals surface area contributed by atoms with E-state index in [1.54, 1.807) is 0 Å². The standard InChI is InChI=1S/C12H14FN3O4/c13-7-4-8(14)6(12(18)19)3-9(7)16-1-2-20-5-10(16)11(15)17/h3-4,10H,1-2,5,14H2,(H2,15,17)(H,18,19). The van der Waals surface area contributed by atoms with Crippen LogP contribution in [0.5, 0.6) is 0 Å². The first-order valence-corrected chi connectivity index (χ1v) is 5.88. The smallest absolute Gasteiger partial charge is 0.337 e. The van der Waals surface area contributed by atoms with Gasteiger partial charge in [0.15, 0.2) is 0 Å². The van der Waals surface area contributed by atoms with Crippen LogP contribution in [0.3, 0.4) is 0 Å². The number of nitrogens with two attached hydrogens (primary N) is 2. The number of carbonyl (C=O) groups is 2. The lowest BCUT2D eigenvalue weighted by Crippen LogP contribution is -2.53. The van der Waals surface area contributed by atoms with Crippen molar-refractivity contribution in [3.05, 3.63) is 23.5 Å². The monoisotopic (exact) mass is 283 g/mol. The molecule has 1 saturated heterocycles. The number of nitrogens with zero attached hydrogens (tertiary/aromatic N) is 1. The maximum Gasteiger partial charge on any atom is 0.337 e. The van der Waals surface area contributed by atoms with Crippen LogP contribution in [0.1, 0.15) is 10.4 Å². The number of primary amides is 1. The summed E-state index contributed by atoms with van der Waals surface area (Å²) in [6.45, 7) is 0.547. The van der Waals surface area contributed by atoms with Crippen molar-refractivity contribution in [2.24, 2.45) is 5.73 Å². The van der Waals surface area contributed by atoms with Crippen molar-refractivity contribution in [3.8, 4) is 0 Å². The van der Waals surface area contributed by atoms with Crippen LogP contribution < -0.4 is 16.4 Å². The fraction of sp³-hybridized carbons (Fsp3) is 0.333. The second-order valence-corrected chi connectivity index (χ2v) is 4.38. The number of carboxylic acids is 1. The number of rotatable bonds is 3. The zero-order chi connectivity index (χ0) is 14.9. The van der Waals surface area contributed by atoms with Gasteiger partial charge in [0.25, 0.3) is 0 Å². The topological polar surface area (TPSA) is 119 Å². The molecule has 0 aromatic heterocycles. The van der Waals surface area contributed by atoms with Gasteiger partial charge in [0.1, 0.15) is 11.9 Å². The molecule has 1 heterocycles. The van der Waals surface area contributed by atoms with E-state index in [2.05, 4.69) is 0 Å². The maximum atomic E-state index is 14.0. The third-order valence-corrected chi connectivity index (χ3v) is 3.12. The van der Waals surface area contributed by atoms with Crippen molar-refractivity contribution >= 4 is 23.3 Å². The molecule has 20 heavy (non-hydrogen) atoms. The highest BCUT2D eigenvalue weighted by Crippen LogP contribution is 2.28. The zero-order valence-corrected chi connectivity index (χ0v) is 10.5. The van der Waals surface area contributed by atoms with E-state index in [0.717, 1.165) is 12.1 Å². The van der Waals surface area contributed by atoms with E-state index in [1.807, 2.05) is 0 Å². The Morgan fingerprint density at radius 1 is 1.45 bits per heavy atom. The molecule has 5 N–H and O–H groups in total. The summed E-state index contributed by atoms with van der Waals surface area (Å²) in [5.74, 6) is -2.65. The molecule has 0 spiro atoms. The minimum atomic E-state index is -1.27. The van der Waals surface area contributed by atoms with Crippen LogP contribution in [0.15, 0.2) is 12.1 Å². The molecule has 0 aliphatic carbocycles. The Morgan fingerprint density at radius 3 is 2.75 bits per heavy atom. The van der Waals surface area contributed by atoms with Crippen LogP contribution in [0.2, 0.25) is 0 Å². The Morgan fingerprint density at radius 2 is 2.15 bits per heavy atom. The van der Waals surface area contributed by atoms with Gasteiger partial charge in [0.05, 0.1) is 24.5 Å². The van der Waals surface area contributed by atoms with E-state index in [4.69, 9.17) is 21.3 Å². The highest BCUT2D eigenvalue weighted by molar-refractivity contribution is 5.95. The molecule has 2 rings (SSSR count). The number of carboxylic acid groups (broad SMARTS) is 1. The highest BCUT2D eigenvalue weighted by atomic mass is 19.1. The summed E-state index contributed by atoms with van der Waals surface area (Å²) in [5.41, 5.74) is 10.3. The summed E-state index contributed by atoms with van der Waals surface area (Å²) in [6, 6.07) is 1.18. The second-order valence-electron chi connectivity index (χ2n) is 4.38. The molecule has 1 fully saturated rings. The lowest BCUT2D eigenvalue weighted by Gasteiger charge is -2.35. The summed E-state index contributed by atoms with van der Waals surface area (Å²) in [5, 5.41) is 9.02. The van der Waals surface area contributed by atoms with Crippen molar-refractivity contribution in [3.63, 3.8) is 0 Å². The quantitative estimate of drug-likeness (QED) is 0.661. The molecule has 1 aromatic rings. The summed E-state index contributed by atoms with van der Waals surface area (Å²) in [4.78, 5) is 23.8. The Bertz CT molecular complexity index is 564. The van der Waals surface area contributed by atoms with Gasteiger partial charge in [-0.05, 0) is 12.1 Å². The number of carbonyl (C=O) groups excluding carboxylic acids is 1. The molecular weight excluding hydrogens is 269 g/mol. The Kier molecular flexibility index (Phi) is 3.75. The van der Waals surface area contributed by atoms with E-state index < -0.39 is 23.7 Å². The number of morpholine rings is 1. The maximum absolute atomic E-state index is 14.0. The molecule has 7 nitrogen and oxygen atoms in total. The van der Waals surface area contributed by atoms with E-state index in [9.17, 15) is 14.0 Å². The van der Waals surface area contributed by atoms with Crippen LogP contribution >= 0.6 is 0 Å². The summed E-state index contributed by atoms with van der Waals surface area (Å²) < 4.78 is 19.1. The van der Waals surface area contributed by atoms with Gasteiger partial charge in [-0.3, -0.25) is 4.79 Å². The van der Waals surface area contributed by atoms with Crippen molar-refractivity contribution in [1.29, 1.82) is 0 Å². The average Bonchev–Trinajstić information content (AvgIpc) is 2.38. The second kappa shape index (κ2) is 5.33. The number of ether oxygens (including phenoxy) is 1. The fourth-order valence-corrected chi connectivity index (χ4v) is 2.11. The molecule has 0 bridgehead atoms. The lowest BCUT2D eigenvalue weighted by molar-refractivity contribution is -0.121. The predicted molar refractivity (Wildman–Crippen MR) is 68.9 cm³/mol. The van der Waals surface area contributed by atoms with Crippen molar-refractivity contribution in [2.75, 3.05) is 30.4 Å². The van der Waals surface area contributed by atoms with Gasteiger partial charge in [-0.15, -0.1) is 0 Å². The molecule has 8 heteroatoms. The number of hydrogen-bond acceptors (Lipinski definition) is 5. The molecule has 1 aliphatic heterocycles. The van der Waals surface area contributed by atoms with E-state index >= 15 is 0 Å². The van der Waals surface area contributed by atoms with Crippen LogP contribution in [0, 0.1) is 5.82 Å². The first kappa shape index (κ1) is 14.1. The lowest BCUT2D eigenvalue weighted by atomic mass is 10.1. The number of nitrogen functional groups attached to an aromatic ring is 1. The first-order valence-electron chi connectivity index (χ1n) is 5.88. The van der Waals surface area contributed by atoms with Crippen LogP contribution in [-0.2, 0) is 9.53 Å². The molecule has 1 atom stereocenters. The third kappa shape index (κ3) is 2.50. The molecule has 1 amide bonds. The summed E-state index contributed by atoms with van der Waals surface area (Å²) in [6.07, 6.45) is 0. The van der Waals surface area contributed by atoms with Gasteiger partial charge in [-0.1, -0.05) is 0 Å². The number of aromatic carboxylic acids is 1. The largest absolute Gasteiger partial charge is 0.478 e. The van der Waals surface area contributed by atoms with Gasteiger partial charge in [-0.2, -0.15) is 0 Å². The van der Waals surface area contributed by atoms with Crippen LogP contribution in [0.4, 0.5) is 15.8 Å². The Hall–Kier alpha value is -2.35. The number of hydrogen-bond donors (Lipinski definition) is 3. The van der Waals surface area contributed by atoms with Crippen molar-refractivity contribution in [1.82, 2.24) is 0 Å². The average molecular weight is 283 g/mol. The van der Waals surface area contributed by atoms with E-state index in [0.29, 0.717) is 0 Å². The Balaban J connectivity index is 2.47. The molecule has 1 aliphatic rings. The third-order valence-electron chi connectivity index (χ3n) is 3.12. The highest BCUT2D eigenvalue weighted by Gasteiger charge is 2.30. The molecule has 1 unspecified atom stereocenters. The minimum Gasteiger partial charge on any atom is -0.478 e. The SMILES string of the molecule is NC(=O)C1COCCN1c1cc(C(=O)O)c(N)cc1F.